The lowest BCUT2D eigenvalue weighted by atomic mass is 10.2. The monoisotopic (exact) mass is 283 g/mol. The van der Waals surface area contributed by atoms with Crippen molar-refractivity contribution in [1.82, 2.24) is 0 Å². The number of oxime groups is 1. The van der Waals surface area contributed by atoms with Crippen LogP contribution in [0.4, 0.5) is 5.69 Å². The molecule has 1 aromatic carbocycles. The zero-order valence-electron chi connectivity index (χ0n) is 10.4. The van der Waals surface area contributed by atoms with Crippen molar-refractivity contribution in [2.45, 2.75) is 30.9 Å². The van der Waals surface area contributed by atoms with E-state index >= 15 is 0 Å². The molecule has 1 aromatic rings. The van der Waals surface area contributed by atoms with Crippen LogP contribution in [-0.2, 0) is 10.0 Å². The molecule has 4 N–H and O–H groups in total. The Balaban J connectivity index is 2.11. The Labute approximate surface area is 112 Å². The molecule has 1 aliphatic rings. The first-order chi connectivity index (χ1) is 9.03. The first-order valence-corrected chi connectivity index (χ1v) is 7.67. The molecule has 1 fully saturated rings. The second-order valence-corrected chi connectivity index (χ2v) is 6.58. The van der Waals surface area contributed by atoms with Crippen molar-refractivity contribution in [2.75, 3.05) is 4.72 Å². The Morgan fingerprint density at radius 1 is 1.26 bits per heavy atom. The minimum absolute atomic E-state index is 0.00907. The normalized spacial score (nSPS) is 17.6. The summed E-state index contributed by atoms with van der Waals surface area (Å²) < 4.78 is 26.7. The van der Waals surface area contributed by atoms with E-state index in [2.05, 4.69) is 9.88 Å². The molecule has 1 saturated carbocycles. The Kier molecular flexibility index (Phi) is 3.94. The predicted molar refractivity (Wildman–Crippen MR) is 73.8 cm³/mol. The molecular weight excluding hydrogens is 266 g/mol. The van der Waals surface area contributed by atoms with Gasteiger partial charge >= 0.3 is 0 Å². The molecule has 7 heteroatoms. The minimum Gasteiger partial charge on any atom is -0.409 e. The Morgan fingerprint density at radius 3 is 2.37 bits per heavy atom. The minimum atomic E-state index is -3.31. The van der Waals surface area contributed by atoms with Gasteiger partial charge in [-0.1, -0.05) is 18.0 Å². The molecule has 0 heterocycles. The fourth-order valence-electron chi connectivity index (χ4n) is 2.21. The molecule has 1 aliphatic carbocycles. The topological polar surface area (TPSA) is 105 Å². The average Bonchev–Trinajstić information content (AvgIpc) is 2.93. The molecule has 0 unspecified atom stereocenters. The number of hydrogen-bond acceptors (Lipinski definition) is 4. The number of nitrogens with two attached hydrogens (primary N) is 1. The van der Waals surface area contributed by atoms with Crippen molar-refractivity contribution in [3.63, 3.8) is 0 Å². The van der Waals surface area contributed by atoms with E-state index in [1.165, 1.54) is 0 Å². The highest BCUT2D eigenvalue weighted by Crippen LogP contribution is 2.26. The smallest absolute Gasteiger partial charge is 0.235 e. The Hall–Kier alpha value is -1.76. The number of amidine groups is 1. The number of hydrogen-bond donors (Lipinski definition) is 3. The number of anilines is 1. The first kappa shape index (κ1) is 13.7. The lowest BCUT2D eigenvalue weighted by Crippen LogP contribution is -2.25. The summed E-state index contributed by atoms with van der Waals surface area (Å²) in [5, 5.41) is 11.1. The van der Waals surface area contributed by atoms with Gasteiger partial charge in [-0.2, -0.15) is 0 Å². The van der Waals surface area contributed by atoms with Gasteiger partial charge in [0.25, 0.3) is 0 Å². The fraction of sp³-hybridized carbons (Fsp3) is 0.417. The molecule has 0 atom stereocenters. The van der Waals surface area contributed by atoms with Gasteiger partial charge in [0.15, 0.2) is 5.84 Å². The number of sulfonamides is 1. The van der Waals surface area contributed by atoms with E-state index in [1.54, 1.807) is 24.3 Å². The van der Waals surface area contributed by atoms with Crippen molar-refractivity contribution in [3.8, 4) is 0 Å². The van der Waals surface area contributed by atoms with Gasteiger partial charge in [-0.05, 0) is 37.1 Å². The molecular formula is C12H17N3O3S. The third kappa shape index (κ3) is 3.17. The van der Waals surface area contributed by atoms with Crippen LogP contribution in [0.25, 0.3) is 0 Å². The summed E-state index contributed by atoms with van der Waals surface area (Å²) in [6.45, 7) is 0. The van der Waals surface area contributed by atoms with Crippen molar-refractivity contribution < 1.29 is 13.6 Å². The van der Waals surface area contributed by atoms with E-state index in [9.17, 15) is 8.42 Å². The molecule has 104 valence electrons. The average molecular weight is 283 g/mol. The maximum absolute atomic E-state index is 12.1. The Bertz CT molecular complexity index is 560. The largest absolute Gasteiger partial charge is 0.409 e. The number of benzene rings is 1. The quantitative estimate of drug-likeness (QED) is 0.337. The van der Waals surface area contributed by atoms with Gasteiger partial charge in [0.2, 0.25) is 10.0 Å². The van der Waals surface area contributed by atoms with Crippen LogP contribution in [0.15, 0.2) is 29.4 Å². The second kappa shape index (κ2) is 5.48. The highest BCUT2D eigenvalue weighted by molar-refractivity contribution is 7.93. The van der Waals surface area contributed by atoms with Crippen molar-refractivity contribution in [1.29, 1.82) is 0 Å². The maximum Gasteiger partial charge on any atom is 0.235 e. The Morgan fingerprint density at radius 2 is 1.84 bits per heavy atom. The molecule has 0 spiro atoms. The summed E-state index contributed by atoms with van der Waals surface area (Å²) >= 11 is 0. The van der Waals surface area contributed by atoms with Crippen LogP contribution < -0.4 is 10.5 Å². The van der Waals surface area contributed by atoms with Crippen LogP contribution >= 0.6 is 0 Å². The molecule has 0 amide bonds. The third-order valence-corrected chi connectivity index (χ3v) is 5.16. The lowest BCUT2D eigenvalue weighted by molar-refractivity contribution is 0.318. The third-order valence-electron chi connectivity index (χ3n) is 3.29. The maximum atomic E-state index is 12.1. The summed E-state index contributed by atoms with van der Waals surface area (Å²) in [4.78, 5) is 0. The molecule has 0 radical (unpaired) electrons. The highest BCUT2D eigenvalue weighted by atomic mass is 32.2. The van der Waals surface area contributed by atoms with Crippen molar-refractivity contribution >= 4 is 21.5 Å². The zero-order valence-corrected chi connectivity index (χ0v) is 11.2. The van der Waals surface area contributed by atoms with E-state index in [1.807, 2.05) is 0 Å². The fourth-order valence-corrected chi connectivity index (χ4v) is 3.80. The summed E-state index contributed by atoms with van der Waals surface area (Å²) in [7, 11) is -3.31. The lowest BCUT2D eigenvalue weighted by Gasteiger charge is -2.13. The molecule has 0 saturated heterocycles. The summed E-state index contributed by atoms with van der Waals surface area (Å²) in [6, 6.07) is 6.39. The molecule has 6 nitrogen and oxygen atoms in total. The van der Waals surface area contributed by atoms with Crippen LogP contribution in [-0.4, -0.2) is 24.7 Å². The van der Waals surface area contributed by atoms with Gasteiger partial charge in [-0.15, -0.1) is 0 Å². The van der Waals surface area contributed by atoms with Crippen LogP contribution in [0.5, 0.6) is 0 Å². The van der Waals surface area contributed by atoms with Crippen molar-refractivity contribution in [2.24, 2.45) is 10.9 Å². The predicted octanol–water partition coefficient (Wildman–Crippen LogP) is 1.47. The highest BCUT2D eigenvalue weighted by Gasteiger charge is 2.28. The van der Waals surface area contributed by atoms with Gasteiger partial charge in [-0.25, -0.2) is 8.42 Å². The number of nitrogens with one attached hydrogen (secondary N) is 1. The second-order valence-electron chi connectivity index (χ2n) is 4.62. The van der Waals surface area contributed by atoms with E-state index in [0.717, 1.165) is 25.7 Å². The summed E-state index contributed by atoms with van der Waals surface area (Å²) in [6.07, 6.45) is 3.37. The van der Waals surface area contributed by atoms with Gasteiger partial charge < -0.3 is 10.9 Å². The molecule has 19 heavy (non-hydrogen) atoms. The number of rotatable bonds is 4. The van der Waals surface area contributed by atoms with E-state index in [-0.39, 0.29) is 11.1 Å². The SMILES string of the molecule is N/C(=N/O)c1ccc(NS(=O)(=O)C2CCCC2)cc1. The molecule has 0 bridgehead atoms. The van der Waals surface area contributed by atoms with Gasteiger partial charge in [0.05, 0.1) is 5.25 Å². The number of nitrogens with zero attached hydrogens (tertiary/aromatic N) is 1. The van der Waals surface area contributed by atoms with Gasteiger partial charge in [-0.3, -0.25) is 4.72 Å². The van der Waals surface area contributed by atoms with Gasteiger partial charge in [0.1, 0.15) is 0 Å². The van der Waals surface area contributed by atoms with Crippen LogP contribution in [0.1, 0.15) is 31.2 Å². The van der Waals surface area contributed by atoms with Crippen LogP contribution in [0.3, 0.4) is 0 Å². The molecule has 0 aliphatic heterocycles. The molecule has 2 rings (SSSR count). The standard InChI is InChI=1S/C12H17N3O3S/c13-12(14-16)9-5-7-10(8-6-9)15-19(17,18)11-3-1-2-4-11/h5-8,11,15-16H,1-4H2,(H2,13,14). The van der Waals surface area contributed by atoms with E-state index < -0.39 is 10.0 Å². The van der Waals surface area contributed by atoms with Crippen LogP contribution in [0.2, 0.25) is 0 Å². The first-order valence-electron chi connectivity index (χ1n) is 6.12. The van der Waals surface area contributed by atoms with E-state index in [0.29, 0.717) is 11.3 Å². The van der Waals surface area contributed by atoms with Gasteiger partial charge in [0, 0.05) is 11.3 Å². The molecule has 0 aromatic heterocycles. The van der Waals surface area contributed by atoms with E-state index in [4.69, 9.17) is 10.9 Å². The summed E-state index contributed by atoms with van der Waals surface area (Å²) in [5.41, 5.74) is 6.45. The zero-order chi connectivity index (χ0) is 13.9. The van der Waals surface area contributed by atoms with Crippen LogP contribution in [0, 0.1) is 0 Å². The summed E-state index contributed by atoms with van der Waals surface area (Å²) in [5.74, 6) is -0.00907. The van der Waals surface area contributed by atoms with Crippen molar-refractivity contribution in [3.05, 3.63) is 29.8 Å².